The number of nitrogens with zero attached hydrogens (tertiary/aromatic N) is 1. The summed E-state index contributed by atoms with van der Waals surface area (Å²) < 4.78 is 0. The van der Waals surface area contributed by atoms with Crippen molar-refractivity contribution in [2.45, 2.75) is 40.2 Å². The molecule has 1 heterocycles. The van der Waals surface area contributed by atoms with Crippen LogP contribution < -0.4 is 5.32 Å². The number of nitrogens with one attached hydrogen (secondary N) is 1. The minimum absolute atomic E-state index is 0.832. The van der Waals surface area contributed by atoms with E-state index in [1.807, 2.05) is 12.4 Å². The molecule has 0 saturated carbocycles. The van der Waals surface area contributed by atoms with E-state index in [9.17, 15) is 0 Å². The Morgan fingerprint density at radius 3 is 2.32 bits per heavy atom. The molecule has 0 bridgehead atoms. The van der Waals surface area contributed by atoms with E-state index in [-0.39, 0.29) is 0 Å². The number of rotatable bonds is 5. The Balaban J connectivity index is 2.19. The minimum Gasteiger partial charge on any atom is -0.380 e. The lowest BCUT2D eigenvalue weighted by molar-refractivity contribution is 1.04. The molecule has 100 valence electrons. The van der Waals surface area contributed by atoms with Crippen molar-refractivity contribution in [3.8, 4) is 0 Å². The van der Waals surface area contributed by atoms with Crippen molar-refractivity contribution in [1.29, 1.82) is 0 Å². The lowest BCUT2D eigenvalue weighted by Crippen LogP contribution is -2.05. The van der Waals surface area contributed by atoms with Gasteiger partial charge in [0.2, 0.25) is 0 Å². The number of para-hydroxylation sites is 1. The molecule has 1 aromatic heterocycles. The largest absolute Gasteiger partial charge is 0.380 e. The third-order valence-corrected chi connectivity index (χ3v) is 3.40. The van der Waals surface area contributed by atoms with Crippen molar-refractivity contribution in [2.75, 3.05) is 5.32 Å². The monoisotopic (exact) mass is 254 g/mol. The highest BCUT2D eigenvalue weighted by atomic mass is 14.9. The normalized spacial score (nSPS) is 10.5. The molecule has 0 unspecified atom stereocenters. The second kappa shape index (κ2) is 6.37. The molecule has 2 aromatic rings. The van der Waals surface area contributed by atoms with Crippen LogP contribution in [0.4, 0.5) is 5.69 Å². The molecule has 0 aliphatic carbocycles. The molecule has 0 spiro atoms. The van der Waals surface area contributed by atoms with Gasteiger partial charge in [-0.25, -0.2) is 0 Å². The fourth-order valence-corrected chi connectivity index (χ4v) is 2.37. The van der Waals surface area contributed by atoms with E-state index in [4.69, 9.17) is 0 Å². The number of pyridine rings is 1. The first kappa shape index (κ1) is 13.6. The van der Waals surface area contributed by atoms with E-state index < -0.39 is 0 Å². The zero-order valence-corrected chi connectivity index (χ0v) is 12.0. The number of hydrogen-bond acceptors (Lipinski definition) is 2. The SMILES string of the molecule is CCc1cccc(CC)c1NCc1cncc(C)c1. The van der Waals surface area contributed by atoms with Crippen LogP contribution in [-0.4, -0.2) is 4.98 Å². The van der Waals surface area contributed by atoms with Crippen molar-refractivity contribution in [1.82, 2.24) is 4.98 Å². The second-order valence-electron chi connectivity index (χ2n) is 4.88. The van der Waals surface area contributed by atoms with Crippen LogP contribution in [0, 0.1) is 6.92 Å². The molecule has 2 heteroatoms. The number of aryl methyl sites for hydroxylation is 3. The van der Waals surface area contributed by atoms with Gasteiger partial charge >= 0.3 is 0 Å². The first-order valence-corrected chi connectivity index (χ1v) is 6.99. The Morgan fingerprint density at radius 1 is 1.05 bits per heavy atom. The summed E-state index contributed by atoms with van der Waals surface area (Å²) in [6.45, 7) is 7.31. The van der Waals surface area contributed by atoms with Crippen molar-refractivity contribution in [2.24, 2.45) is 0 Å². The van der Waals surface area contributed by atoms with E-state index in [1.54, 1.807) is 0 Å². The summed E-state index contributed by atoms with van der Waals surface area (Å²) >= 11 is 0. The molecule has 2 nitrogen and oxygen atoms in total. The molecule has 1 aromatic carbocycles. The van der Waals surface area contributed by atoms with Crippen LogP contribution in [0.25, 0.3) is 0 Å². The van der Waals surface area contributed by atoms with E-state index in [2.05, 4.69) is 55.3 Å². The smallest absolute Gasteiger partial charge is 0.0416 e. The first-order chi connectivity index (χ1) is 9.24. The molecule has 0 aliphatic rings. The Labute approximate surface area is 115 Å². The van der Waals surface area contributed by atoms with Gasteiger partial charge in [0.15, 0.2) is 0 Å². The Morgan fingerprint density at radius 2 is 1.74 bits per heavy atom. The summed E-state index contributed by atoms with van der Waals surface area (Å²) in [6, 6.07) is 8.74. The highest BCUT2D eigenvalue weighted by Gasteiger charge is 2.05. The summed E-state index contributed by atoms with van der Waals surface area (Å²) in [5, 5.41) is 3.59. The lowest BCUT2D eigenvalue weighted by Gasteiger charge is -2.15. The predicted molar refractivity (Wildman–Crippen MR) is 81.5 cm³/mol. The van der Waals surface area contributed by atoms with E-state index >= 15 is 0 Å². The number of hydrogen-bond donors (Lipinski definition) is 1. The molecule has 19 heavy (non-hydrogen) atoms. The highest BCUT2D eigenvalue weighted by molar-refractivity contribution is 5.58. The van der Waals surface area contributed by atoms with Crippen molar-refractivity contribution >= 4 is 5.69 Å². The van der Waals surface area contributed by atoms with Crippen LogP contribution >= 0.6 is 0 Å². The molecule has 2 rings (SSSR count). The summed E-state index contributed by atoms with van der Waals surface area (Å²) in [5.41, 5.74) is 6.51. The van der Waals surface area contributed by atoms with Crippen LogP contribution in [0.5, 0.6) is 0 Å². The van der Waals surface area contributed by atoms with Gasteiger partial charge in [0.25, 0.3) is 0 Å². The minimum atomic E-state index is 0.832. The van der Waals surface area contributed by atoms with Crippen molar-refractivity contribution in [3.63, 3.8) is 0 Å². The van der Waals surface area contributed by atoms with Crippen LogP contribution in [0.2, 0.25) is 0 Å². The number of anilines is 1. The second-order valence-corrected chi connectivity index (χ2v) is 4.88. The quantitative estimate of drug-likeness (QED) is 0.868. The van der Waals surface area contributed by atoms with Crippen LogP contribution in [-0.2, 0) is 19.4 Å². The summed E-state index contributed by atoms with van der Waals surface area (Å²) in [4.78, 5) is 4.24. The third kappa shape index (κ3) is 3.34. The number of benzene rings is 1. The highest BCUT2D eigenvalue weighted by Crippen LogP contribution is 2.23. The maximum atomic E-state index is 4.24. The molecule has 0 amide bonds. The Hall–Kier alpha value is -1.83. The maximum Gasteiger partial charge on any atom is 0.0416 e. The Bertz CT molecular complexity index is 524. The summed E-state index contributed by atoms with van der Waals surface area (Å²) in [5.74, 6) is 0. The molecular formula is C17H22N2. The van der Waals surface area contributed by atoms with Gasteiger partial charge in [0, 0.05) is 24.6 Å². The molecule has 0 aliphatic heterocycles. The number of aromatic nitrogens is 1. The standard InChI is InChI=1S/C17H22N2/c1-4-15-7-6-8-16(5-2)17(15)19-12-14-9-13(3)10-18-11-14/h6-11,19H,4-5,12H2,1-3H3. The fraction of sp³-hybridized carbons (Fsp3) is 0.353. The third-order valence-electron chi connectivity index (χ3n) is 3.40. The van der Waals surface area contributed by atoms with Gasteiger partial charge in [0.05, 0.1) is 0 Å². The molecule has 0 atom stereocenters. The lowest BCUT2D eigenvalue weighted by atomic mass is 10.0. The van der Waals surface area contributed by atoms with Gasteiger partial charge < -0.3 is 5.32 Å². The van der Waals surface area contributed by atoms with E-state index in [0.29, 0.717) is 0 Å². The van der Waals surface area contributed by atoms with Gasteiger partial charge in [-0.1, -0.05) is 38.1 Å². The van der Waals surface area contributed by atoms with Crippen LogP contribution in [0.15, 0.2) is 36.7 Å². The van der Waals surface area contributed by atoms with Gasteiger partial charge in [-0.05, 0) is 42.0 Å². The van der Waals surface area contributed by atoms with E-state index in [0.717, 1.165) is 19.4 Å². The van der Waals surface area contributed by atoms with Crippen molar-refractivity contribution < 1.29 is 0 Å². The Kier molecular flexibility index (Phi) is 4.56. The average Bonchev–Trinajstić information content (AvgIpc) is 2.44. The average molecular weight is 254 g/mol. The predicted octanol–water partition coefficient (Wildman–Crippen LogP) is 4.13. The molecular weight excluding hydrogens is 232 g/mol. The molecule has 0 saturated heterocycles. The topological polar surface area (TPSA) is 24.9 Å². The van der Waals surface area contributed by atoms with Crippen molar-refractivity contribution in [3.05, 3.63) is 58.9 Å². The zero-order valence-electron chi connectivity index (χ0n) is 12.0. The maximum absolute atomic E-state index is 4.24. The van der Waals surface area contributed by atoms with Gasteiger partial charge in [-0.15, -0.1) is 0 Å². The summed E-state index contributed by atoms with van der Waals surface area (Å²) in [6.07, 6.45) is 5.94. The van der Waals surface area contributed by atoms with Gasteiger partial charge in [0.1, 0.15) is 0 Å². The molecule has 0 radical (unpaired) electrons. The molecule has 1 N–H and O–H groups in total. The zero-order chi connectivity index (χ0) is 13.7. The van der Waals surface area contributed by atoms with Gasteiger partial charge in [-0.2, -0.15) is 0 Å². The van der Waals surface area contributed by atoms with Crippen LogP contribution in [0.3, 0.4) is 0 Å². The van der Waals surface area contributed by atoms with E-state index in [1.165, 1.54) is 27.9 Å². The summed E-state index contributed by atoms with van der Waals surface area (Å²) in [7, 11) is 0. The first-order valence-electron chi connectivity index (χ1n) is 6.99. The molecule has 0 fully saturated rings. The fourth-order valence-electron chi connectivity index (χ4n) is 2.37. The van der Waals surface area contributed by atoms with Gasteiger partial charge in [-0.3, -0.25) is 4.98 Å². The van der Waals surface area contributed by atoms with Crippen LogP contribution in [0.1, 0.15) is 36.1 Å².